The minimum atomic E-state index is -0.636. The summed E-state index contributed by atoms with van der Waals surface area (Å²) in [5, 5.41) is 15.8. The van der Waals surface area contributed by atoms with Crippen molar-refractivity contribution in [2.24, 2.45) is 7.05 Å². The number of morpholine rings is 1. The van der Waals surface area contributed by atoms with Crippen LogP contribution in [0.3, 0.4) is 0 Å². The van der Waals surface area contributed by atoms with Crippen molar-refractivity contribution in [3.05, 3.63) is 58.6 Å². The van der Waals surface area contributed by atoms with Crippen LogP contribution in [0.15, 0.2) is 51.7 Å². The van der Waals surface area contributed by atoms with E-state index in [-0.39, 0.29) is 17.2 Å². The zero-order chi connectivity index (χ0) is 23.0. The lowest BCUT2D eigenvalue weighted by Crippen LogP contribution is -2.63. The van der Waals surface area contributed by atoms with Gasteiger partial charge in [-0.1, -0.05) is 30.3 Å². The van der Waals surface area contributed by atoms with E-state index in [4.69, 9.17) is 9.15 Å². The quantitative estimate of drug-likeness (QED) is 0.622. The Hall–Kier alpha value is -3.41. The molecule has 0 radical (unpaired) electrons. The van der Waals surface area contributed by atoms with E-state index in [1.165, 1.54) is 11.0 Å². The minimum absolute atomic E-state index is 0.0595. The topological polar surface area (TPSA) is 109 Å². The summed E-state index contributed by atoms with van der Waals surface area (Å²) < 4.78 is 12.5. The molecule has 1 spiro atoms. The van der Waals surface area contributed by atoms with Crippen LogP contribution in [-0.2, 0) is 23.0 Å². The first-order valence-corrected chi connectivity index (χ1v) is 11.2. The molecule has 2 aliphatic rings. The Morgan fingerprint density at radius 3 is 2.67 bits per heavy atom. The van der Waals surface area contributed by atoms with Crippen LogP contribution in [0.4, 0.5) is 0 Å². The maximum absolute atomic E-state index is 12.6. The molecule has 2 heterocycles. The van der Waals surface area contributed by atoms with Crippen LogP contribution in [0.5, 0.6) is 0 Å². The maximum Gasteiger partial charge on any atom is 0.419 e. The van der Waals surface area contributed by atoms with Crippen LogP contribution in [-0.4, -0.2) is 41.3 Å². The van der Waals surface area contributed by atoms with Crippen LogP contribution in [0.25, 0.3) is 22.2 Å². The first kappa shape index (κ1) is 21.4. The second kappa shape index (κ2) is 8.50. The second-order valence-corrected chi connectivity index (χ2v) is 9.02. The number of ether oxygens (including phenoxy) is 1. The summed E-state index contributed by atoms with van der Waals surface area (Å²) in [5.74, 6) is -0.641. The van der Waals surface area contributed by atoms with E-state index in [0.29, 0.717) is 25.2 Å². The molecule has 2 fully saturated rings. The summed E-state index contributed by atoms with van der Waals surface area (Å²) in [4.78, 5) is 24.3. The van der Waals surface area contributed by atoms with E-state index in [1.54, 1.807) is 13.1 Å². The molecular weight excluding hydrogens is 420 g/mol. The van der Waals surface area contributed by atoms with Crippen molar-refractivity contribution in [1.82, 2.24) is 15.2 Å². The number of fused-ring (bicyclic) bond motifs is 1. The van der Waals surface area contributed by atoms with E-state index < -0.39 is 12.1 Å². The second-order valence-electron chi connectivity index (χ2n) is 9.02. The maximum atomic E-state index is 12.6. The molecule has 1 saturated heterocycles. The first-order valence-electron chi connectivity index (χ1n) is 11.2. The Balaban J connectivity index is 1.22. The van der Waals surface area contributed by atoms with Gasteiger partial charge in [0.25, 0.3) is 5.91 Å². The summed E-state index contributed by atoms with van der Waals surface area (Å²) in [6.45, 7) is 1.02. The smallest absolute Gasteiger partial charge is 0.408 e. The van der Waals surface area contributed by atoms with Gasteiger partial charge in [0.2, 0.25) is 0 Å². The zero-order valence-corrected chi connectivity index (χ0v) is 18.5. The standard InChI is InChI=1S/C25H26N4O4/c1-29-20-12-18(7-8-21(20)33-24(29)31)17-5-3-16(4-6-17)11-19(13-26)28-23(30)22-14-27-25(15-32-22)9-2-10-25/h3-8,12,19,22,27H,2,9-11,14-15H2,1H3,(H,28,30)/t19-,22?/m0/s1. The highest BCUT2D eigenvalue weighted by Crippen LogP contribution is 2.34. The molecule has 1 unspecified atom stereocenters. The van der Waals surface area contributed by atoms with Crippen molar-refractivity contribution >= 4 is 17.0 Å². The van der Waals surface area contributed by atoms with Crippen molar-refractivity contribution in [2.45, 2.75) is 43.4 Å². The van der Waals surface area contributed by atoms with E-state index in [9.17, 15) is 14.9 Å². The molecule has 1 aromatic heterocycles. The Bertz CT molecular complexity index is 1270. The molecule has 1 aliphatic carbocycles. The molecular formula is C25H26N4O4. The first-order chi connectivity index (χ1) is 16.0. The normalized spacial score (nSPS) is 20.2. The number of benzene rings is 2. The van der Waals surface area contributed by atoms with Crippen LogP contribution < -0.4 is 16.4 Å². The fraction of sp³-hybridized carbons (Fsp3) is 0.400. The van der Waals surface area contributed by atoms with Crippen LogP contribution in [0.2, 0.25) is 0 Å². The van der Waals surface area contributed by atoms with Crippen molar-refractivity contribution in [3.8, 4) is 17.2 Å². The van der Waals surface area contributed by atoms with E-state index >= 15 is 0 Å². The zero-order valence-electron chi connectivity index (χ0n) is 18.5. The third-order valence-corrected chi connectivity index (χ3v) is 6.82. The number of aryl methyl sites for hydroxylation is 1. The van der Waals surface area contributed by atoms with Crippen LogP contribution in [0.1, 0.15) is 24.8 Å². The number of nitrogens with one attached hydrogen (secondary N) is 2. The number of amides is 1. The van der Waals surface area contributed by atoms with Crippen LogP contribution in [0, 0.1) is 11.3 Å². The van der Waals surface area contributed by atoms with Gasteiger partial charge in [0, 0.05) is 25.6 Å². The number of nitrogens with zero attached hydrogens (tertiary/aromatic N) is 2. The van der Waals surface area contributed by atoms with Gasteiger partial charge in [0.05, 0.1) is 18.2 Å². The number of aromatic nitrogens is 1. The molecule has 1 amide bonds. The summed E-state index contributed by atoms with van der Waals surface area (Å²) in [6.07, 6.45) is 3.21. The monoisotopic (exact) mass is 446 g/mol. The molecule has 2 atom stereocenters. The summed E-state index contributed by atoms with van der Waals surface area (Å²) >= 11 is 0. The summed E-state index contributed by atoms with van der Waals surface area (Å²) in [7, 11) is 1.68. The predicted octanol–water partition coefficient (Wildman–Crippen LogP) is 2.26. The number of carbonyl (C=O) groups is 1. The van der Waals surface area contributed by atoms with E-state index in [0.717, 1.165) is 35.0 Å². The lowest BCUT2D eigenvalue weighted by Gasteiger charge is -2.47. The van der Waals surface area contributed by atoms with Crippen molar-refractivity contribution in [3.63, 3.8) is 0 Å². The number of nitriles is 1. The fourth-order valence-corrected chi connectivity index (χ4v) is 4.54. The largest absolute Gasteiger partial charge is 0.419 e. The van der Waals surface area contributed by atoms with Gasteiger partial charge in [0.15, 0.2) is 5.58 Å². The number of hydrogen-bond acceptors (Lipinski definition) is 6. The molecule has 5 rings (SSSR count). The Morgan fingerprint density at radius 2 is 2.03 bits per heavy atom. The van der Waals surface area contributed by atoms with Gasteiger partial charge in [-0.05, 0) is 48.1 Å². The van der Waals surface area contributed by atoms with Crippen molar-refractivity contribution in [1.29, 1.82) is 5.26 Å². The molecule has 0 bridgehead atoms. The highest BCUT2D eigenvalue weighted by atomic mass is 16.5. The number of carbonyl (C=O) groups excluding carboxylic acids is 1. The average molecular weight is 447 g/mol. The van der Waals surface area contributed by atoms with E-state index in [1.807, 2.05) is 36.4 Å². The molecule has 170 valence electrons. The number of hydrogen-bond donors (Lipinski definition) is 2. The summed E-state index contributed by atoms with van der Waals surface area (Å²) in [5.41, 5.74) is 4.23. The molecule has 2 aromatic carbocycles. The summed E-state index contributed by atoms with van der Waals surface area (Å²) in [6, 6.07) is 15.0. The highest BCUT2D eigenvalue weighted by Gasteiger charge is 2.42. The van der Waals surface area contributed by atoms with Gasteiger partial charge < -0.3 is 19.8 Å². The highest BCUT2D eigenvalue weighted by molar-refractivity contribution is 5.82. The molecule has 8 heteroatoms. The minimum Gasteiger partial charge on any atom is -0.408 e. The third-order valence-electron chi connectivity index (χ3n) is 6.82. The lowest BCUT2D eigenvalue weighted by molar-refractivity contribution is -0.141. The molecule has 1 saturated carbocycles. The van der Waals surface area contributed by atoms with Gasteiger partial charge in [-0.2, -0.15) is 5.26 Å². The predicted molar refractivity (Wildman–Crippen MR) is 122 cm³/mol. The van der Waals surface area contributed by atoms with E-state index in [2.05, 4.69) is 16.7 Å². The molecule has 8 nitrogen and oxygen atoms in total. The Morgan fingerprint density at radius 1 is 1.27 bits per heavy atom. The van der Waals surface area contributed by atoms with Gasteiger partial charge in [-0.3, -0.25) is 9.36 Å². The van der Waals surface area contributed by atoms with Gasteiger partial charge in [-0.15, -0.1) is 0 Å². The molecule has 3 aromatic rings. The van der Waals surface area contributed by atoms with Crippen LogP contribution >= 0.6 is 0 Å². The Kier molecular flexibility index (Phi) is 5.52. The fourth-order valence-electron chi connectivity index (χ4n) is 4.54. The van der Waals surface area contributed by atoms with Crippen molar-refractivity contribution < 1.29 is 13.9 Å². The van der Waals surface area contributed by atoms with Gasteiger partial charge >= 0.3 is 5.76 Å². The Labute approximate surface area is 191 Å². The number of rotatable bonds is 5. The molecule has 2 N–H and O–H groups in total. The van der Waals surface area contributed by atoms with Gasteiger partial charge in [-0.25, -0.2) is 4.79 Å². The van der Waals surface area contributed by atoms with Crippen molar-refractivity contribution in [2.75, 3.05) is 13.2 Å². The third kappa shape index (κ3) is 4.17. The number of oxazole rings is 1. The average Bonchev–Trinajstić information content (AvgIpc) is 3.11. The molecule has 1 aliphatic heterocycles. The lowest BCUT2D eigenvalue weighted by atomic mass is 9.76. The van der Waals surface area contributed by atoms with Gasteiger partial charge in [0.1, 0.15) is 12.1 Å². The SMILES string of the molecule is Cn1c(=O)oc2ccc(-c3ccc(C[C@@H](C#N)NC(=O)C4CNC5(CCC5)CO4)cc3)cc21. The molecule has 33 heavy (non-hydrogen) atoms.